The third-order valence-corrected chi connectivity index (χ3v) is 7.31. The first kappa shape index (κ1) is 24.6. The lowest BCUT2D eigenvalue weighted by Crippen LogP contribution is -2.24. The van der Waals surface area contributed by atoms with Crippen LogP contribution in [0.4, 0.5) is 0 Å². The zero-order chi connectivity index (χ0) is 24.1. The van der Waals surface area contributed by atoms with Crippen LogP contribution >= 0.6 is 11.3 Å². The summed E-state index contributed by atoms with van der Waals surface area (Å²) in [5, 5.41) is 7.74. The molecular formula is C27H35N3O3S. The Hall–Kier alpha value is -2.51. The van der Waals surface area contributed by atoms with Crippen LogP contribution in [0.5, 0.6) is 5.75 Å². The average molecular weight is 482 g/mol. The molecule has 3 heterocycles. The van der Waals surface area contributed by atoms with Gasteiger partial charge in [-0.05, 0) is 76.6 Å². The predicted molar refractivity (Wildman–Crippen MR) is 136 cm³/mol. The van der Waals surface area contributed by atoms with Gasteiger partial charge < -0.3 is 9.47 Å². The summed E-state index contributed by atoms with van der Waals surface area (Å²) in [5.74, 6) is 1.80. The third kappa shape index (κ3) is 5.94. The lowest BCUT2D eigenvalue weighted by atomic mass is 9.93. The van der Waals surface area contributed by atoms with E-state index in [9.17, 15) is 4.79 Å². The van der Waals surface area contributed by atoms with Crippen LogP contribution in [0.1, 0.15) is 58.6 Å². The molecule has 0 aliphatic carbocycles. The van der Waals surface area contributed by atoms with Gasteiger partial charge in [0, 0.05) is 37.0 Å². The smallest absolute Gasteiger partial charge is 0.133 e. The Labute approximate surface area is 206 Å². The van der Waals surface area contributed by atoms with Crippen LogP contribution in [0.3, 0.4) is 0 Å². The van der Waals surface area contributed by atoms with Crippen molar-refractivity contribution in [1.82, 2.24) is 14.8 Å². The van der Waals surface area contributed by atoms with E-state index in [1.54, 1.807) is 18.4 Å². The largest absolute Gasteiger partial charge is 0.497 e. The minimum absolute atomic E-state index is 0.176. The maximum Gasteiger partial charge on any atom is 0.133 e. The number of ketones is 1. The molecule has 7 heteroatoms. The average Bonchev–Trinajstić information content (AvgIpc) is 3.49. The molecule has 0 amide bonds. The number of carbonyl (C=O) groups is 1. The van der Waals surface area contributed by atoms with Crippen LogP contribution in [-0.4, -0.2) is 40.9 Å². The van der Waals surface area contributed by atoms with Gasteiger partial charge in [0.25, 0.3) is 0 Å². The SMILES string of the molecule is COc1ccc(-c2c(-c3nc(CCC(=O)CCC4CCOCC4)cs3)cnn2C(C)(C)C)cc1. The Bertz CT molecular complexity index is 1090. The monoisotopic (exact) mass is 481 g/mol. The van der Waals surface area contributed by atoms with Gasteiger partial charge >= 0.3 is 0 Å². The van der Waals surface area contributed by atoms with Crippen molar-refractivity contribution in [1.29, 1.82) is 0 Å². The highest BCUT2D eigenvalue weighted by atomic mass is 32.1. The van der Waals surface area contributed by atoms with Gasteiger partial charge in [-0.15, -0.1) is 11.3 Å². The maximum atomic E-state index is 12.5. The molecule has 1 aliphatic heterocycles. The molecule has 1 aliphatic rings. The second kappa shape index (κ2) is 10.8. The number of aryl methyl sites for hydroxylation is 1. The van der Waals surface area contributed by atoms with E-state index in [1.807, 2.05) is 18.3 Å². The van der Waals surface area contributed by atoms with Gasteiger partial charge in [-0.25, -0.2) is 4.98 Å². The fraction of sp³-hybridized carbons (Fsp3) is 0.519. The van der Waals surface area contributed by atoms with Crippen molar-refractivity contribution in [3.63, 3.8) is 0 Å². The van der Waals surface area contributed by atoms with Crippen LogP contribution in [0.25, 0.3) is 21.8 Å². The van der Waals surface area contributed by atoms with E-state index in [0.29, 0.717) is 31.0 Å². The van der Waals surface area contributed by atoms with Crippen molar-refractivity contribution >= 4 is 17.1 Å². The van der Waals surface area contributed by atoms with Crippen LogP contribution < -0.4 is 4.74 Å². The molecule has 0 saturated carbocycles. The van der Waals surface area contributed by atoms with Gasteiger partial charge in [-0.3, -0.25) is 9.48 Å². The Balaban J connectivity index is 1.47. The third-order valence-electron chi connectivity index (χ3n) is 6.38. The van der Waals surface area contributed by atoms with Crippen molar-refractivity contribution in [2.24, 2.45) is 5.92 Å². The van der Waals surface area contributed by atoms with Crippen molar-refractivity contribution < 1.29 is 14.3 Å². The molecule has 4 rings (SSSR count). The zero-order valence-corrected chi connectivity index (χ0v) is 21.5. The summed E-state index contributed by atoms with van der Waals surface area (Å²) in [6, 6.07) is 8.07. The number of hydrogen-bond donors (Lipinski definition) is 0. The van der Waals surface area contributed by atoms with E-state index in [1.165, 1.54) is 0 Å². The highest BCUT2D eigenvalue weighted by Crippen LogP contribution is 2.37. The number of nitrogens with zero attached hydrogens (tertiary/aromatic N) is 3. The molecule has 182 valence electrons. The molecule has 0 spiro atoms. The fourth-order valence-corrected chi connectivity index (χ4v) is 5.24. The molecule has 0 radical (unpaired) electrons. The quantitative estimate of drug-likeness (QED) is 0.367. The van der Waals surface area contributed by atoms with Crippen molar-refractivity contribution in [2.75, 3.05) is 20.3 Å². The van der Waals surface area contributed by atoms with Crippen molar-refractivity contribution in [3.05, 3.63) is 41.5 Å². The molecule has 0 unspecified atom stereocenters. The molecular weight excluding hydrogens is 446 g/mol. The second-order valence-electron chi connectivity index (χ2n) is 10.00. The van der Waals surface area contributed by atoms with Gasteiger partial charge in [0.2, 0.25) is 0 Å². The first-order valence-electron chi connectivity index (χ1n) is 12.1. The summed E-state index contributed by atoms with van der Waals surface area (Å²) < 4.78 is 12.8. The number of hydrogen-bond acceptors (Lipinski definition) is 6. The fourth-order valence-electron chi connectivity index (χ4n) is 4.38. The van der Waals surface area contributed by atoms with Crippen LogP contribution in [-0.2, 0) is 21.5 Å². The van der Waals surface area contributed by atoms with Gasteiger partial charge in [-0.2, -0.15) is 5.10 Å². The van der Waals surface area contributed by atoms with Crippen LogP contribution in [0.2, 0.25) is 0 Å². The van der Waals surface area contributed by atoms with E-state index in [4.69, 9.17) is 19.6 Å². The number of benzene rings is 1. The Morgan fingerprint density at radius 1 is 1.18 bits per heavy atom. The van der Waals surface area contributed by atoms with Crippen LogP contribution in [0, 0.1) is 5.92 Å². The second-order valence-corrected chi connectivity index (χ2v) is 10.9. The minimum atomic E-state index is -0.176. The van der Waals surface area contributed by atoms with Gasteiger partial charge in [-0.1, -0.05) is 0 Å². The summed E-state index contributed by atoms with van der Waals surface area (Å²) in [7, 11) is 1.67. The normalized spacial score (nSPS) is 14.9. The Morgan fingerprint density at radius 3 is 2.59 bits per heavy atom. The molecule has 1 fully saturated rings. The van der Waals surface area contributed by atoms with E-state index in [0.717, 1.165) is 65.7 Å². The van der Waals surface area contributed by atoms with Gasteiger partial charge in [0.15, 0.2) is 0 Å². The topological polar surface area (TPSA) is 66.2 Å². The van der Waals surface area contributed by atoms with E-state index >= 15 is 0 Å². The number of Topliss-reactive ketones (excluding diaryl/α,β-unsaturated/α-hetero) is 1. The molecule has 34 heavy (non-hydrogen) atoms. The van der Waals surface area contributed by atoms with Crippen molar-refractivity contribution in [2.45, 2.75) is 64.8 Å². The molecule has 3 aromatic rings. The lowest BCUT2D eigenvalue weighted by molar-refractivity contribution is -0.119. The number of thiazole rings is 1. The minimum Gasteiger partial charge on any atom is -0.497 e. The first-order valence-corrected chi connectivity index (χ1v) is 13.0. The summed E-state index contributed by atoms with van der Waals surface area (Å²) in [4.78, 5) is 17.4. The first-order chi connectivity index (χ1) is 16.3. The highest BCUT2D eigenvalue weighted by Gasteiger charge is 2.24. The summed E-state index contributed by atoms with van der Waals surface area (Å²) in [6.07, 6.45) is 6.98. The van der Waals surface area contributed by atoms with E-state index < -0.39 is 0 Å². The maximum absolute atomic E-state index is 12.5. The van der Waals surface area contributed by atoms with E-state index in [-0.39, 0.29) is 5.54 Å². The summed E-state index contributed by atoms with van der Waals surface area (Å²) >= 11 is 1.62. The molecule has 1 aromatic carbocycles. The Morgan fingerprint density at radius 2 is 1.91 bits per heavy atom. The van der Waals surface area contributed by atoms with Crippen molar-refractivity contribution in [3.8, 4) is 27.6 Å². The highest BCUT2D eigenvalue weighted by molar-refractivity contribution is 7.13. The molecule has 0 bridgehead atoms. The number of carbonyl (C=O) groups excluding carboxylic acids is 1. The number of methoxy groups -OCH3 is 1. The summed E-state index contributed by atoms with van der Waals surface area (Å²) in [6.45, 7) is 8.12. The zero-order valence-electron chi connectivity index (χ0n) is 20.7. The lowest BCUT2D eigenvalue weighted by Gasteiger charge is -2.23. The van der Waals surface area contributed by atoms with E-state index in [2.05, 4.69) is 43.0 Å². The standard InChI is InChI=1S/C27H35N3O3S/c1-27(2,3)30-25(20-6-11-23(32-4)12-7-20)24(17-28-30)26-29-21(18-34-26)8-10-22(31)9-5-19-13-15-33-16-14-19/h6-7,11-12,17-19H,5,8-10,13-16H2,1-4H3. The summed E-state index contributed by atoms with van der Waals surface area (Å²) in [5.41, 5.74) is 3.93. The van der Waals surface area contributed by atoms with Gasteiger partial charge in [0.05, 0.1) is 35.8 Å². The molecule has 2 aromatic heterocycles. The molecule has 0 N–H and O–H groups in total. The molecule has 1 saturated heterocycles. The van der Waals surface area contributed by atoms with Crippen LogP contribution in [0.15, 0.2) is 35.8 Å². The molecule has 0 atom stereocenters. The molecule has 6 nitrogen and oxygen atoms in total. The number of aromatic nitrogens is 3. The van der Waals surface area contributed by atoms with Gasteiger partial charge in [0.1, 0.15) is 16.5 Å². The number of ether oxygens (including phenoxy) is 2. The Kier molecular flexibility index (Phi) is 7.84. The predicted octanol–water partition coefficient (Wildman–Crippen LogP) is 6.15. The number of rotatable bonds is 9.